The van der Waals surface area contributed by atoms with Crippen molar-refractivity contribution in [3.8, 4) is 0 Å². The zero-order valence-corrected chi connectivity index (χ0v) is 11.7. The highest BCUT2D eigenvalue weighted by Crippen LogP contribution is 2.30. The van der Waals surface area contributed by atoms with Crippen LogP contribution < -0.4 is 11.3 Å². The number of hydrogen-bond acceptors (Lipinski definition) is 2. The first-order valence-corrected chi connectivity index (χ1v) is 6.69. The second-order valence-corrected chi connectivity index (χ2v) is 5.20. The van der Waals surface area contributed by atoms with E-state index in [1.54, 1.807) is 0 Å². The standard InChI is InChI=1S/C14H23ClN2/c1-4-6-10(2)9-13(17-16)12-8-5-7-11(3)14(12)15/h5,7-8,10,13,17H,4,6,9,16H2,1-3H3. The van der Waals surface area contributed by atoms with Gasteiger partial charge in [-0.3, -0.25) is 11.3 Å². The summed E-state index contributed by atoms with van der Waals surface area (Å²) in [7, 11) is 0. The second-order valence-electron chi connectivity index (χ2n) is 4.83. The molecule has 0 saturated carbocycles. The second kappa shape index (κ2) is 7.00. The lowest BCUT2D eigenvalue weighted by Crippen LogP contribution is -2.29. The minimum atomic E-state index is 0.143. The molecule has 0 saturated heterocycles. The first-order chi connectivity index (χ1) is 8.10. The number of rotatable bonds is 6. The van der Waals surface area contributed by atoms with Crippen molar-refractivity contribution in [2.45, 2.75) is 46.1 Å². The number of nitrogens with one attached hydrogen (secondary N) is 1. The van der Waals surface area contributed by atoms with Gasteiger partial charge in [-0.15, -0.1) is 0 Å². The van der Waals surface area contributed by atoms with Gasteiger partial charge in [0.2, 0.25) is 0 Å². The van der Waals surface area contributed by atoms with Crippen LogP contribution in [0.15, 0.2) is 18.2 Å². The summed E-state index contributed by atoms with van der Waals surface area (Å²) < 4.78 is 0. The van der Waals surface area contributed by atoms with E-state index in [1.165, 1.54) is 12.8 Å². The smallest absolute Gasteiger partial charge is 0.0483 e. The molecular formula is C14H23ClN2. The van der Waals surface area contributed by atoms with Gasteiger partial charge in [0.1, 0.15) is 0 Å². The van der Waals surface area contributed by atoms with Crippen LogP contribution in [0.2, 0.25) is 5.02 Å². The van der Waals surface area contributed by atoms with Crippen LogP contribution in [0.4, 0.5) is 0 Å². The summed E-state index contributed by atoms with van der Waals surface area (Å²) in [6, 6.07) is 6.25. The summed E-state index contributed by atoms with van der Waals surface area (Å²) >= 11 is 6.33. The maximum atomic E-state index is 6.33. The third-order valence-electron chi connectivity index (χ3n) is 3.22. The first-order valence-electron chi connectivity index (χ1n) is 6.31. The summed E-state index contributed by atoms with van der Waals surface area (Å²) in [6.45, 7) is 6.49. The van der Waals surface area contributed by atoms with E-state index in [0.717, 1.165) is 22.6 Å². The molecule has 0 bridgehead atoms. The van der Waals surface area contributed by atoms with Crippen molar-refractivity contribution in [1.29, 1.82) is 0 Å². The monoisotopic (exact) mass is 254 g/mol. The fourth-order valence-corrected chi connectivity index (χ4v) is 2.49. The highest BCUT2D eigenvalue weighted by molar-refractivity contribution is 6.32. The molecule has 1 aromatic rings. The Morgan fingerprint density at radius 3 is 2.71 bits per heavy atom. The van der Waals surface area contributed by atoms with Crippen molar-refractivity contribution in [1.82, 2.24) is 5.43 Å². The maximum Gasteiger partial charge on any atom is 0.0483 e. The van der Waals surface area contributed by atoms with Crippen molar-refractivity contribution < 1.29 is 0 Å². The molecule has 17 heavy (non-hydrogen) atoms. The van der Waals surface area contributed by atoms with Crippen LogP contribution in [0.3, 0.4) is 0 Å². The fraction of sp³-hybridized carbons (Fsp3) is 0.571. The molecule has 0 radical (unpaired) electrons. The lowest BCUT2D eigenvalue weighted by molar-refractivity contribution is 0.394. The molecule has 0 heterocycles. The Kier molecular flexibility index (Phi) is 5.96. The third-order valence-corrected chi connectivity index (χ3v) is 3.73. The average molecular weight is 255 g/mol. The zero-order chi connectivity index (χ0) is 12.8. The molecular weight excluding hydrogens is 232 g/mol. The van der Waals surface area contributed by atoms with Crippen molar-refractivity contribution >= 4 is 11.6 Å². The number of nitrogens with two attached hydrogens (primary N) is 1. The molecule has 0 amide bonds. The van der Waals surface area contributed by atoms with Crippen molar-refractivity contribution in [2.75, 3.05) is 0 Å². The summed E-state index contributed by atoms with van der Waals surface area (Å²) in [5.74, 6) is 6.31. The predicted octanol–water partition coefficient (Wildman–Crippen LogP) is 3.98. The molecule has 1 rings (SSSR count). The number of aryl methyl sites for hydroxylation is 1. The minimum Gasteiger partial charge on any atom is -0.271 e. The van der Waals surface area contributed by atoms with Crippen molar-refractivity contribution in [3.05, 3.63) is 34.3 Å². The lowest BCUT2D eigenvalue weighted by atomic mass is 9.92. The SMILES string of the molecule is CCCC(C)CC(NN)c1cccc(C)c1Cl. The molecule has 0 aromatic heterocycles. The highest BCUT2D eigenvalue weighted by Gasteiger charge is 2.16. The Morgan fingerprint density at radius 1 is 1.41 bits per heavy atom. The molecule has 96 valence electrons. The van der Waals surface area contributed by atoms with E-state index in [9.17, 15) is 0 Å². The molecule has 0 spiro atoms. The average Bonchev–Trinajstić information content (AvgIpc) is 2.30. The van der Waals surface area contributed by atoms with Gasteiger partial charge in [-0.05, 0) is 30.4 Å². The Morgan fingerprint density at radius 2 is 2.12 bits per heavy atom. The van der Waals surface area contributed by atoms with Crippen LogP contribution >= 0.6 is 11.6 Å². The molecule has 2 atom stereocenters. The Hall–Kier alpha value is -0.570. The molecule has 0 aliphatic rings. The van der Waals surface area contributed by atoms with E-state index in [0.29, 0.717) is 5.92 Å². The van der Waals surface area contributed by atoms with Crippen LogP contribution in [0.25, 0.3) is 0 Å². The van der Waals surface area contributed by atoms with Gasteiger partial charge in [0, 0.05) is 11.1 Å². The van der Waals surface area contributed by atoms with E-state index in [2.05, 4.69) is 25.3 Å². The van der Waals surface area contributed by atoms with Crippen LogP contribution in [0, 0.1) is 12.8 Å². The van der Waals surface area contributed by atoms with Crippen molar-refractivity contribution in [3.63, 3.8) is 0 Å². The number of halogens is 1. The van der Waals surface area contributed by atoms with Gasteiger partial charge in [-0.1, -0.05) is 56.5 Å². The molecule has 0 aliphatic carbocycles. The van der Waals surface area contributed by atoms with Crippen LogP contribution in [0.5, 0.6) is 0 Å². The summed E-state index contributed by atoms with van der Waals surface area (Å²) in [5.41, 5.74) is 5.10. The van der Waals surface area contributed by atoms with Gasteiger partial charge >= 0.3 is 0 Å². The largest absolute Gasteiger partial charge is 0.271 e. The van der Waals surface area contributed by atoms with Gasteiger partial charge in [-0.25, -0.2) is 0 Å². The van der Waals surface area contributed by atoms with Gasteiger partial charge in [0.05, 0.1) is 0 Å². The van der Waals surface area contributed by atoms with Crippen LogP contribution in [0.1, 0.15) is 50.3 Å². The Bertz CT molecular complexity index is 352. The maximum absolute atomic E-state index is 6.33. The Balaban J connectivity index is 2.82. The number of benzene rings is 1. The zero-order valence-electron chi connectivity index (χ0n) is 11.0. The summed E-state index contributed by atoms with van der Waals surface area (Å²) in [5, 5.41) is 0.833. The van der Waals surface area contributed by atoms with E-state index in [-0.39, 0.29) is 6.04 Å². The summed E-state index contributed by atoms with van der Waals surface area (Å²) in [4.78, 5) is 0. The third kappa shape index (κ3) is 3.98. The number of hydrazine groups is 1. The molecule has 2 unspecified atom stereocenters. The molecule has 2 nitrogen and oxygen atoms in total. The van der Waals surface area contributed by atoms with Crippen LogP contribution in [-0.4, -0.2) is 0 Å². The van der Waals surface area contributed by atoms with Gasteiger partial charge in [-0.2, -0.15) is 0 Å². The van der Waals surface area contributed by atoms with Gasteiger partial charge in [0.15, 0.2) is 0 Å². The van der Waals surface area contributed by atoms with Gasteiger partial charge in [0.25, 0.3) is 0 Å². The molecule has 1 aromatic carbocycles. The topological polar surface area (TPSA) is 38.0 Å². The fourth-order valence-electron chi connectivity index (χ4n) is 2.24. The molecule has 3 heteroatoms. The molecule has 0 aliphatic heterocycles. The van der Waals surface area contributed by atoms with Gasteiger partial charge < -0.3 is 0 Å². The molecule has 0 fully saturated rings. The Labute approximate surface area is 110 Å². The van der Waals surface area contributed by atoms with E-state index in [4.69, 9.17) is 17.4 Å². The predicted molar refractivity (Wildman–Crippen MR) is 74.9 cm³/mol. The summed E-state index contributed by atoms with van der Waals surface area (Å²) in [6.07, 6.45) is 3.45. The van der Waals surface area contributed by atoms with Crippen LogP contribution in [-0.2, 0) is 0 Å². The quantitative estimate of drug-likeness (QED) is 0.595. The van der Waals surface area contributed by atoms with E-state index in [1.807, 2.05) is 19.1 Å². The van der Waals surface area contributed by atoms with Crippen molar-refractivity contribution in [2.24, 2.45) is 11.8 Å². The minimum absolute atomic E-state index is 0.143. The normalized spacial score (nSPS) is 14.6. The highest BCUT2D eigenvalue weighted by atomic mass is 35.5. The first kappa shape index (κ1) is 14.5. The van der Waals surface area contributed by atoms with E-state index >= 15 is 0 Å². The van der Waals surface area contributed by atoms with E-state index < -0.39 is 0 Å². The number of hydrogen-bond donors (Lipinski definition) is 2. The lowest BCUT2D eigenvalue weighted by Gasteiger charge is -2.22. The molecule has 3 N–H and O–H groups in total.